The third kappa shape index (κ3) is 4.46. The van der Waals surface area contributed by atoms with Crippen molar-refractivity contribution in [2.24, 2.45) is 0 Å². The fourth-order valence-corrected chi connectivity index (χ4v) is 8.08. The Morgan fingerprint density at radius 2 is 1.46 bits per heavy atom. The van der Waals surface area contributed by atoms with Crippen molar-refractivity contribution in [2.75, 3.05) is 20.2 Å². The topological polar surface area (TPSA) is 36.0 Å². The number of methoxy groups -OCH3 is 1. The summed E-state index contributed by atoms with van der Waals surface area (Å²) >= 11 is 0. The summed E-state index contributed by atoms with van der Waals surface area (Å²) in [6.45, 7) is 2.81. The second kappa shape index (κ2) is 10.4. The zero-order chi connectivity index (χ0) is 26.3. The van der Waals surface area contributed by atoms with Crippen molar-refractivity contribution in [3.05, 3.63) is 101 Å². The van der Waals surface area contributed by atoms with Crippen LogP contribution in [0.25, 0.3) is 0 Å². The lowest BCUT2D eigenvalue weighted by Crippen LogP contribution is -2.60. The predicted molar refractivity (Wildman–Crippen MR) is 154 cm³/mol. The van der Waals surface area contributed by atoms with E-state index in [1.807, 2.05) is 11.0 Å². The van der Waals surface area contributed by atoms with Gasteiger partial charge < -0.3 is 9.64 Å². The lowest BCUT2D eigenvalue weighted by molar-refractivity contribution is -0.0140. The van der Waals surface area contributed by atoms with E-state index in [1.54, 1.807) is 7.11 Å². The molecule has 5 nitrogen and oxygen atoms in total. The van der Waals surface area contributed by atoms with E-state index in [0.29, 0.717) is 24.2 Å². The molecule has 39 heavy (non-hydrogen) atoms. The Morgan fingerprint density at radius 1 is 0.795 bits per heavy atom. The van der Waals surface area contributed by atoms with Crippen molar-refractivity contribution >= 4 is 5.91 Å². The number of likely N-dealkylation sites (tertiary alicyclic amines) is 1. The second-order valence-electron chi connectivity index (χ2n) is 11.8. The first kappa shape index (κ1) is 24.9. The third-order valence-electron chi connectivity index (χ3n) is 9.80. The van der Waals surface area contributed by atoms with E-state index >= 15 is 0 Å². The van der Waals surface area contributed by atoms with Crippen molar-refractivity contribution in [2.45, 2.75) is 75.3 Å². The largest absolute Gasteiger partial charge is 0.497 e. The van der Waals surface area contributed by atoms with Gasteiger partial charge in [0.15, 0.2) is 0 Å². The summed E-state index contributed by atoms with van der Waals surface area (Å²) in [5.41, 5.74) is 4.78. The molecule has 0 saturated carbocycles. The van der Waals surface area contributed by atoms with Gasteiger partial charge in [-0.3, -0.25) is 14.6 Å². The summed E-state index contributed by atoms with van der Waals surface area (Å²) in [7, 11) is 1.75. The number of piperazine rings is 1. The van der Waals surface area contributed by atoms with Gasteiger partial charge in [0.1, 0.15) is 5.75 Å². The Balaban J connectivity index is 1.23. The zero-order valence-corrected chi connectivity index (χ0v) is 22.9. The minimum atomic E-state index is 0.149. The van der Waals surface area contributed by atoms with Gasteiger partial charge in [-0.05, 0) is 79.5 Å². The number of carbonyl (C=O) groups excluding carboxylic acids is 1. The van der Waals surface area contributed by atoms with E-state index in [-0.39, 0.29) is 11.9 Å². The molecule has 0 N–H and O–H groups in total. The van der Waals surface area contributed by atoms with Gasteiger partial charge in [-0.25, -0.2) is 0 Å². The third-order valence-corrected chi connectivity index (χ3v) is 9.80. The molecule has 7 rings (SSSR count). The Morgan fingerprint density at radius 3 is 2.13 bits per heavy atom. The number of hydrogen-bond acceptors (Lipinski definition) is 4. The molecule has 0 aliphatic carbocycles. The maximum atomic E-state index is 13.1. The molecule has 4 aliphatic heterocycles. The summed E-state index contributed by atoms with van der Waals surface area (Å²) in [4.78, 5) is 20.8. The van der Waals surface area contributed by atoms with Crippen molar-refractivity contribution in [1.29, 1.82) is 0 Å². The monoisotopic (exact) mass is 521 g/mol. The number of fused-ring (bicyclic) bond motifs is 6. The summed E-state index contributed by atoms with van der Waals surface area (Å²) in [6, 6.07) is 30.5. The van der Waals surface area contributed by atoms with E-state index in [2.05, 4.69) is 82.6 Å². The van der Waals surface area contributed by atoms with Gasteiger partial charge in [-0.1, -0.05) is 54.6 Å². The molecule has 4 fully saturated rings. The Kier molecular flexibility index (Phi) is 6.65. The molecule has 4 saturated heterocycles. The van der Waals surface area contributed by atoms with Gasteiger partial charge >= 0.3 is 0 Å². The normalized spacial score (nSPS) is 27.2. The lowest BCUT2D eigenvalue weighted by atomic mass is 9.91. The molecule has 3 aromatic carbocycles. The summed E-state index contributed by atoms with van der Waals surface area (Å²) in [6.07, 6.45) is 7.30. The maximum Gasteiger partial charge on any atom is 0.253 e. The number of ether oxygens (including phenoxy) is 1. The Hall–Kier alpha value is -3.15. The van der Waals surface area contributed by atoms with Gasteiger partial charge in [0, 0.05) is 49.4 Å². The van der Waals surface area contributed by atoms with Gasteiger partial charge in [0.25, 0.3) is 5.91 Å². The predicted octanol–water partition coefficient (Wildman–Crippen LogP) is 5.90. The van der Waals surface area contributed by atoms with E-state index < -0.39 is 0 Å². The molecule has 1 amide bonds. The van der Waals surface area contributed by atoms with Crippen LogP contribution in [0.1, 0.15) is 71.6 Å². The Labute approximate surface area is 232 Å². The molecule has 3 aromatic rings. The quantitative estimate of drug-likeness (QED) is 0.388. The van der Waals surface area contributed by atoms with Crippen LogP contribution in [0.3, 0.4) is 0 Å². The first-order chi connectivity index (χ1) is 19.2. The molecule has 5 heteroatoms. The average Bonchev–Trinajstić information content (AvgIpc) is 3.70. The van der Waals surface area contributed by atoms with Crippen molar-refractivity contribution in [3.8, 4) is 5.75 Å². The highest BCUT2D eigenvalue weighted by atomic mass is 16.5. The van der Waals surface area contributed by atoms with Crippen molar-refractivity contribution < 1.29 is 9.53 Å². The SMILES string of the molecule is COc1cccc(C(c2ccc(C(=O)N3CCCC3)cc2)N2C3CCC2[C@H]2CCC3N2Cc2ccccc2)c1. The summed E-state index contributed by atoms with van der Waals surface area (Å²) in [5.74, 6) is 1.07. The molecule has 4 heterocycles. The number of carbonyl (C=O) groups is 1. The fraction of sp³-hybridized carbons (Fsp3) is 0.441. The van der Waals surface area contributed by atoms with Crippen LogP contribution in [0.5, 0.6) is 5.75 Å². The van der Waals surface area contributed by atoms with Crippen LogP contribution in [0, 0.1) is 0 Å². The van der Waals surface area contributed by atoms with Crippen LogP contribution >= 0.6 is 0 Å². The fourth-order valence-electron chi connectivity index (χ4n) is 8.08. The molecule has 5 atom stereocenters. The number of rotatable bonds is 7. The van der Waals surface area contributed by atoms with Crippen molar-refractivity contribution in [1.82, 2.24) is 14.7 Å². The number of amides is 1. The van der Waals surface area contributed by atoms with E-state index in [0.717, 1.165) is 43.8 Å². The van der Waals surface area contributed by atoms with Gasteiger partial charge in [0.2, 0.25) is 0 Å². The van der Waals surface area contributed by atoms with Crippen LogP contribution in [-0.4, -0.2) is 65.0 Å². The van der Waals surface area contributed by atoms with E-state index in [9.17, 15) is 4.79 Å². The molecule has 0 radical (unpaired) electrons. The van der Waals surface area contributed by atoms with E-state index in [1.165, 1.54) is 42.4 Å². The number of hydrogen-bond donors (Lipinski definition) is 0. The maximum absolute atomic E-state index is 13.1. The first-order valence-corrected chi connectivity index (χ1v) is 14.8. The highest BCUT2D eigenvalue weighted by Gasteiger charge is 2.56. The molecule has 0 aromatic heterocycles. The van der Waals surface area contributed by atoms with Gasteiger partial charge in [0.05, 0.1) is 13.2 Å². The Bertz CT molecular complexity index is 1280. The zero-order valence-electron chi connectivity index (χ0n) is 22.9. The molecular weight excluding hydrogens is 482 g/mol. The van der Waals surface area contributed by atoms with Gasteiger partial charge in [-0.15, -0.1) is 0 Å². The van der Waals surface area contributed by atoms with Crippen LogP contribution in [0.15, 0.2) is 78.9 Å². The smallest absolute Gasteiger partial charge is 0.253 e. The molecule has 4 aliphatic rings. The molecule has 202 valence electrons. The molecular formula is C34H39N3O2. The molecule has 0 spiro atoms. The van der Waals surface area contributed by atoms with Crippen LogP contribution < -0.4 is 4.74 Å². The van der Waals surface area contributed by atoms with Gasteiger partial charge in [-0.2, -0.15) is 0 Å². The van der Waals surface area contributed by atoms with E-state index in [4.69, 9.17) is 4.74 Å². The minimum Gasteiger partial charge on any atom is -0.497 e. The highest BCUT2D eigenvalue weighted by molar-refractivity contribution is 5.94. The molecule has 4 unspecified atom stereocenters. The highest BCUT2D eigenvalue weighted by Crippen LogP contribution is 2.51. The van der Waals surface area contributed by atoms with Crippen LogP contribution in [0.4, 0.5) is 0 Å². The first-order valence-electron chi connectivity index (χ1n) is 14.8. The second-order valence-corrected chi connectivity index (χ2v) is 11.8. The molecule has 4 bridgehead atoms. The summed E-state index contributed by atoms with van der Waals surface area (Å²) < 4.78 is 5.67. The average molecular weight is 522 g/mol. The lowest BCUT2D eigenvalue weighted by Gasteiger charge is -2.50. The number of nitrogens with zero attached hydrogens (tertiary/aromatic N) is 3. The minimum absolute atomic E-state index is 0.149. The van der Waals surface area contributed by atoms with Crippen LogP contribution in [-0.2, 0) is 6.54 Å². The standard InChI is InChI=1S/C34H39N3O2/c1-39-28-11-7-10-27(22-28)33(25-12-14-26(15-13-25)34(38)35-20-5-6-21-35)37-31-18-19-32(37)30-17-16-29(31)36(30)23-24-8-3-2-4-9-24/h2-4,7-15,22,29-33H,5-6,16-21,23H2,1H3/t29-,30?,31?,32?,33?/m1/s1. The van der Waals surface area contributed by atoms with Crippen LogP contribution in [0.2, 0.25) is 0 Å². The van der Waals surface area contributed by atoms with Crippen molar-refractivity contribution in [3.63, 3.8) is 0 Å². The number of benzene rings is 3. The summed E-state index contributed by atoms with van der Waals surface area (Å²) in [5, 5.41) is 0.